The lowest BCUT2D eigenvalue weighted by molar-refractivity contribution is -0.137. The average Bonchev–Trinajstić information content (AvgIpc) is 2.78. The van der Waals surface area contributed by atoms with Crippen molar-refractivity contribution in [2.45, 2.75) is 37.5 Å². The Bertz CT molecular complexity index is 1160. The number of hydrogen-bond donors (Lipinski definition) is 1. The van der Waals surface area contributed by atoms with E-state index in [4.69, 9.17) is 4.74 Å². The molecule has 0 aromatic heterocycles. The molecule has 1 N–H and O–H groups in total. The van der Waals surface area contributed by atoms with Crippen LogP contribution in [-0.2, 0) is 21.2 Å². The maximum Gasteiger partial charge on any atom is 0.241 e. The van der Waals surface area contributed by atoms with E-state index in [-0.39, 0.29) is 54.9 Å². The van der Waals surface area contributed by atoms with E-state index in [0.717, 1.165) is 6.07 Å². The summed E-state index contributed by atoms with van der Waals surface area (Å²) in [6, 6.07) is 4.13. The van der Waals surface area contributed by atoms with E-state index in [9.17, 15) is 26.4 Å². The highest BCUT2D eigenvalue weighted by Gasteiger charge is 2.43. The summed E-state index contributed by atoms with van der Waals surface area (Å²) in [6.45, 7) is -0.262. The number of alkyl halides is 2. The summed E-state index contributed by atoms with van der Waals surface area (Å²) < 4.78 is 89.1. The molecule has 6 nitrogen and oxygen atoms in total. The molecule has 2 bridgehead atoms. The molecule has 1 amide bonds. The van der Waals surface area contributed by atoms with Crippen LogP contribution in [-0.4, -0.2) is 56.6 Å². The summed E-state index contributed by atoms with van der Waals surface area (Å²) in [6.07, 6.45) is -2.30. The Morgan fingerprint density at radius 1 is 1.12 bits per heavy atom. The molecule has 2 aliphatic rings. The molecule has 3 unspecified atom stereocenters. The Kier molecular flexibility index (Phi) is 6.62. The zero-order valence-electron chi connectivity index (χ0n) is 17.4. The van der Waals surface area contributed by atoms with Gasteiger partial charge in [-0.2, -0.15) is 0 Å². The Morgan fingerprint density at radius 2 is 1.85 bits per heavy atom. The summed E-state index contributed by atoms with van der Waals surface area (Å²) in [5, 5.41) is 0. The van der Waals surface area contributed by atoms with E-state index in [1.807, 2.05) is 4.72 Å². The maximum absolute atomic E-state index is 15.6. The van der Waals surface area contributed by atoms with Crippen LogP contribution in [0.2, 0.25) is 0 Å². The summed E-state index contributed by atoms with van der Waals surface area (Å²) in [4.78, 5) is 14.2. The highest BCUT2D eigenvalue weighted by atomic mass is 32.2. The largest absolute Gasteiger partial charge is 0.489 e. The highest BCUT2D eigenvalue weighted by molar-refractivity contribution is 7.89. The van der Waals surface area contributed by atoms with Gasteiger partial charge in [0.05, 0.1) is 25.1 Å². The number of hydrogen-bond acceptors (Lipinski definition) is 4. The fourth-order valence-electron chi connectivity index (χ4n) is 4.40. The average molecular weight is 486 g/mol. The number of fused-ring (bicyclic) bond motifs is 5. The van der Waals surface area contributed by atoms with Crippen LogP contribution >= 0.6 is 0 Å². The first kappa shape index (κ1) is 23.5. The van der Waals surface area contributed by atoms with Crippen LogP contribution in [0.25, 0.3) is 11.1 Å². The molecule has 33 heavy (non-hydrogen) atoms. The quantitative estimate of drug-likeness (QED) is 0.677. The molecule has 2 aliphatic heterocycles. The topological polar surface area (TPSA) is 75.7 Å². The number of sulfonamides is 1. The number of ether oxygens (including phenoxy) is 1. The van der Waals surface area contributed by atoms with Gasteiger partial charge in [-0.25, -0.2) is 30.7 Å². The van der Waals surface area contributed by atoms with E-state index in [1.165, 1.54) is 35.2 Å². The summed E-state index contributed by atoms with van der Waals surface area (Å²) in [5.41, 5.74) is 0.277. The van der Waals surface area contributed by atoms with Crippen molar-refractivity contribution >= 4 is 15.9 Å². The van der Waals surface area contributed by atoms with Gasteiger partial charge in [-0.1, -0.05) is 30.3 Å². The van der Waals surface area contributed by atoms with Crippen molar-refractivity contribution in [1.29, 1.82) is 0 Å². The first-order valence-corrected chi connectivity index (χ1v) is 12.1. The van der Waals surface area contributed by atoms with Crippen LogP contribution in [0.15, 0.2) is 36.4 Å². The number of nitrogens with one attached hydrogen (secondary N) is 1. The van der Waals surface area contributed by atoms with E-state index in [0.29, 0.717) is 0 Å². The molecule has 11 heteroatoms. The predicted octanol–water partition coefficient (Wildman–Crippen LogP) is 3.11. The zero-order valence-corrected chi connectivity index (χ0v) is 18.3. The number of carbonyl (C=O) groups excluding carboxylic acids is 1. The van der Waals surface area contributed by atoms with Crippen molar-refractivity contribution in [1.82, 2.24) is 9.62 Å². The molecule has 2 heterocycles. The van der Waals surface area contributed by atoms with Crippen LogP contribution in [0.1, 0.15) is 18.4 Å². The minimum atomic E-state index is -4.45. The number of amides is 1. The van der Waals surface area contributed by atoms with Crippen molar-refractivity contribution < 1.29 is 35.5 Å². The summed E-state index contributed by atoms with van der Waals surface area (Å²) in [5.74, 6) is -2.12. The SMILES string of the molecule is O=C1CCOc2c(F)cccc2-c2cccc(c2F)CC2C(NS(=O)(=O)CF)C(F)CCN12. The van der Waals surface area contributed by atoms with Crippen molar-refractivity contribution in [3.05, 3.63) is 53.6 Å². The Balaban J connectivity index is 1.83. The van der Waals surface area contributed by atoms with Crippen LogP contribution in [0.4, 0.5) is 17.6 Å². The maximum atomic E-state index is 15.6. The first-order valence-electron chi connectivity index (χ1n) is 10.4. The van der Waals surface area contributed by atoms with Crippen LogP contribution in [0, 0.1) is 11.6 Å². The van der Waals surface area contributed by atoms with Gasteiger partial charge in [0.1, 0.15) is 12.0 Å². The molecule has 0 radical (unpaired) electrons. The third kappa shape index (κ3) is 4.70. The molecule has 2 aromatic rings. The number of carbonyl (C=O) groups is 1. The molecule has 1 fully saturated rings. The number of nitrogens with zero attached hydrogens (tertiary/aromatic N) is 1. The summed E-state index contributed by atoms with van der Waals surface area (Å²) >= 11 is 0. The van der Waals surface area contributed by atoms with Gasteiger partial charge >= 0.3 is 0 Å². The minimum absolute atomic E-state index is 0.0369. The predicted molar refractivity (Wildman–Crippen MR) is 112 cm³/mol. The number of para-hydroxylation sites is 1. The fourth-order valence-corrected chi connectivity index (χ4v) is 5.19. The molecule has 0 spiro atoms. The third-order valence-electron chi connectivity index (χ3n) is 5.96. The van der Waals surface area contributed by atoms with Gasteiger partial charge < -0.3 is 9.64 Å². The Labute approximate surface area is 188 Å². The van der Waals surface area contributed by atoms with Gasteiger partial charge in [-0.15, -0.1) is 0 Å². The number of piperidine rings is 1. The molecule has 1 saturated heterocycles. The molecule has 2 aromatic carbocycles. The standard InChI is InChI=1S/C22H22F4N2O4S/c23-12-33(30,31)27-21-16(24)7-9-28-18(21)11-13-3-1-4-14(20(13)26)15-5-2-6-17(25)22(15)32-10-8-19(28)29/h1-6,16,18,21,27H,7-12H2. The highest BCUT2D eigenvalue weighted by Crippen LogP contribution is 2.36. The van der Waals surface area contributed by atoms with Gasteiger partial charge in [0.25, 0.3) is 0 Å². The lowest BCUT2D eigenvalue weighted by Gasteiger charge is -2.43. The van der Waals surface area contributed by atoms with E-state index >= 15 is 4.39 Å². The van der Waals surface area contributed by atoms with Gasteiger partial charge in [0, 0.05) is 17.7 Å². The summed E-state index contributed by atoms with van der Waals surface area (Å²) in [7, 11) is -4.45. The smallest absolute Gasteiger partial charge is 0.241 e. The molecule has 4 rings (SSSR count). The number of halogens is 4. The van der Waals surface area contributed by atoms with Crippen LogP contribution in [0.5, 0.6) is 5.75 Å². The van der Waals surface area contributed by atoms with Gasteiger partial charge in [-0.3, -0.25) is 4.79 Å². The van der Waals surface area contributed by atoms with Crippen molar-refractivity contribution in [2.24, 2.45) is 0 Å². The molecule has 0 aliphatic carbocycles. The molecular weight excluding hydrogens is 464 g/mol. The number of rotatable bonds is 3. The van der Waals surface area contributed by atoms with Gasteiger partial charge in [-0.05, 0) is 24.5 Å². The lowest BCUT2D eigenvalue weighted by atomic mass is 9.88. The normalized spacial score (nSPS) is 23.6. The van der Waals surface area contributed by atoms with Crippen LogP contribution in [0.3, 0.4) is 0 Å². The van der Waals surface area contributed by atoms with Crippen LogP contribution < -0.4 is 9.46 Å². The van der Waals surface area contributed by atoms with Crippen molar-refractivity contribution in [3.8, 4) is 16.9 Å². The first-order chi connectivity index (χ1) is 15.7. The molecule has 178 valence electrons. The molecular formula is C22H22F4N2O4S. The molecule has 3 atom stereocenters. The minimum Gasteiger partial charge on any atom is -0.489 e. The fraction of sp³-hybridized carbons (Fsp3) is 0.409. The van der Waals surface area contributed by atoms with Gasteiger partial charge in [0.15, 0.2) is 11.6 Å². The lowest BCUT2D eigenvalue weighted by Crippen LogP contribution is -2.62. The Morgan fingerprint density at radius 3 is 2.61 bits per heavy atom. The molecule has 0 saturated carbocycles. The second-order valence-corrected chi connectivity index (χ2v) is 9.71. The number of benzene rings is 2. The monoisotopic (exact) mass is 486 g/mol. The second kappa shape index (κ2) is 9.30. The Hall–Kier alpha value is -2.66. The van der Waals surface area contributed by atoms with Crippen molar-refractivity contribution in [3.63, 3.8) is 0 Å². The third-order valence-corrected chi connectivity index (χ3v) is 6.88. The van der Waals surface area contributed by atoms with Gasteiger partial charge in [0.2, 0.25) is 21.9 Å². The second-order valence-electron chi connectivity index (χ2n) is 8.02. The van der Waals surface area contributed by atoms with E-state index in [2.05, 4.69) is 0 Å². The zero-order chi connectivity index (χ0) is 23.8. The van der Waals surface area contributed by atoms with E-state index < -0.39 is 51.8 Å². The van der Waals surface area contributed by atoms with E-state index in [1.54, 1.807) is 0 Å². The van der Waals surface area contributed by atoms with Crippen molar-refractivity contribution in [2.75, 3.05) is 19.2 Å².